The SMILES string of the molecule is Cn1ccnc1[C@@H](NC(=O)COC(=O)c1ccc(COCC(F)(F)F)cc1)c1ccccc1. The van der Waals surface area contributed by atoms with Crippen LogP contribution >= 0.6 is 0 Å². The number of amides is 1. The number of benzene rings is 2. The van der Waals surface area contributed by atoms with Crippen molar-refractivity contribution in [2.75, 3.05) is 13.2 Å². The van der Waals surface area contributed by atoms with Crippen molar-refractivity contribution in [3.63, 3.8) is 0 Å². The molecular formula is C23H22F3N3O4. The van der Waals surface area contributed by atoms with Gasteiger partial charge in [0.15, 0.2) is 6.61 Å². The zero-order valence-electron chi connectivity index (χ0n) is 17.7. The molecule has 0 fully saturated rings. The van der Waals surface area contributed by atoms with Crippen LogP contribution in [0.3, 0.4) is 0 Å². The van der Waals surface area contributed by atoms with Crippen molar-refractivity contribution in [3.8, 4) is 0 Å². The van der Waals surface area contributed by atoms with E-state index in [-0.39, 0.29) is 12.2 Å². The highest BCUT2D eigenvalue weighted by Gasteiger charge is 2.27. The molecule has 174 valence electrons. The molecule has 0 spiro atoms. The number of hydrogen-bond donors (Lipinski definition) is 1. The van der Waals surface area contributed by atoms with Gasteiger partial charge in [-0.3, -0.25) is 4.79 Å². The summed E-state index contributed by atoms with van der Waals surface area (Å²) in [5, 5.41) is 2.82. The third kappa shape index (κ3) is 7.18. The third-order valence-electron chi connectivity index (χ3n) is 4.61. The first-order valence-corrected chi connectivity index (χ1v) is 9.95. The average molecular weight is 461 g/mol. The number of nitrogens with one attached hydrogen (secondary N) is 1. The summed E-state index contributed by atoms with van der Waals surface area (Å²) < 4.78 is 47.8. The van der Waals surface area contributed by atoms with Crippen molar-refractivity contribution in [1.29, 1.82) is 0 Å². The molecule has 1 amide bonds. The molecule has 7 nitrogen and oxygen atoms in total. The van der Waals surface area contributed by atoms with Crippen molar-refractivity contribution < 1.29 is 32.2 Å². The Hall–Kier alpha value is -3.66. The Morgan fingerprint density at radius 3 is 2.39 bits per heavy atom. The number of aromatic nitrogens is 2. The maximum atomic E-state index is 12.5. The van der Waals surface area contributed by atoms with E-state index in [1.807, 2.05) is 37.4 Å². The van der Waals surface area contributed by atoms with Crippen LogP contribution in [0.2, 0.25) is 0 Å². The van der Waals surface area contributed by atoms with Gasteiger partial charge in [-0.25, -0.2) is 9.78 Å². The molecule has 0 aliphatic carbocycles. The van der Waals surface area contributed by atoms with Gasteiger partial charge in [-0.15, -0.1) is 0 Å². The summed E-state index contributed by atoms with van der Waals surface area (Å²) in [5.41, 5.74) is 1.44. The van der Waals surface area contributed by atoms with E-state index >= 15 is 0 Å². The van der Waals surface area contributed by atoms with Crippen LogP contribution < -0.4 is 5.32 Å². The minimum atomic E-state index is -4.40. The molecule has 1 heterocycles. The summed E-state index contributed by atoms with van der Waals surface area (Å²) in [6, 6.07) is 14.4. The lowest BCUT2D eigenvalue weighted by molar-refractivity contribution is -0.176. The molecule has 0 saturated heterocycles. The van der Waals surface area contributed by atoms with Gasteiger partial charge >= 0.3 is 12.1 Å². The summed E-state index contributed by atoms with van der Waals surface area (Å²) in [6.45, 7) is -2.11. The summed E-state index contributed by atoms with van der Waals surface area (Å²) in [6.07, 6.45) is -1.02. The largest absolute Gasteiger partial charge is 0.452 e. The fraction of sp³-hybridized carbons (Fsp3) is 0.261. The van der Waals surface area contributed by atoms with Gasteiger partial charge in [-0.05, 0) is 23.3 Å². The van der Waals surface area contributed by atoms with E-state index in [9.17, 15) is 22.8 Å². The Morgan fingerprint density at radius 1 is 1.09 bits per heavy atom. The van der Waals surface area contributed by atoms with Gasteiger partial charge in [0.1, 0.15) is 18.5 Å². The predicted octanol–water partition coefficient (Wildman–Crippen LogP) is 3.56. The Labute approximate surface area is 188 Å². The maximum absolute atomic E-state index is 12.5. The van der Waals surface area contributed by atoms with Crippen LogP contribution in [0, 0.1) is 0 Å². The first-order chi connectivity index (χ1) is 15.7. The number of alkyl halides is 3. The molecule has 3 rings (SSSR count). The van der Waals surface area contributed by atoms with Crippen LogP contribution in [0.5, 0.6) is 0 Å². The van der Waals surface area contributed by atoms with Crippen LogP contribution in [-0.2, 0) is 27.9 Å². The highest BCUT2D eigenvalue weighted by molar-refractivity contribution is 5.91. The monoisotopic (exact) mass is 461 g/mol. The van der Waals surface area contributed by atoms with Crippen molar-refractivity contribution >= 4 is 11.9 Å². The molecule has 33 heavy (non-hydrogen) atoms. The molecular weight excluding hydrogens is 439 g/mol. The number of aryl methyl sites for hydroxylation is 1. The first kappa shape index (κ1) is 24.0. The molecule has 1 aromatic heterocycles. The molecule has 0 bridgehead atoms. The zero-order valence-corrected chi connectivity index (χ0v) is 17.7. The highest BCUT2D eigenvalue weighted by atomic mass is 19.4. The van der Waals surface area contributed by atoms with Crippen LogP contribution in [0.4, 0.5) is 13.2 Å². The molecule has 0 unspecified atom stereocenters. The molecule has 0 saturated carbocycles. The zero-order chi connectivity index (χ0) is 23.8. The summed E-state index contributed by atoms with van der Waals surface area (Å²) in [4.78, 5) is 29.0. The van der Waals surface area contributed by atoms with E-state index in [1.165, 1.54) is 24.3 Å². The Morgan fingerprint density at radius 2 is 1.79 bits per heavy atom. The van der Waals surface area contributed by atoms with E-state index in [0.717, 1.165) is 5.56 Å². The van der Waals surface area contributed by atoms with E-state index in [1.54, 1.807) is 17.0 Å². The maximum Gasteiger partial charge on any atom is 0.411 e. The molecule has 0 radical (unpaired) electrons. The lowest BCUT2D eigenvalue weighted by Gasteiger charge is -2.19. The van der Waals surface area contributed by atoms with Crippen molar-refractivity contribution in [2.45, 2.75) is 18.8 Å². The molecule has 1 N–H and O–H groups in total. The van der Waals surface area contributed by atoms with E-state index in [0.29, 0.717) is 11.4 Å². The van der Waals surface area contributed by atoms with Crippen LogP contribution in [-0.4, -0.2) is 40.8 Å². The number of carbonyl (C=O) groups is 2. The third-order valence-corrected chi connectivity index (χ3v) is 4.61. The first-order valence-electron chi connectivity index (χ1n) is 9.95. The Balaban J connectivity index is 1.55. The summed E-state index contributed by atoms with van der Waals surface area (Å²) in [7, 11) is 1.81. The molecule has 2 aromatic carbocycles. The van der Waals surface area contributed by atoms with Gasteiger partial charge in [0.2, 0.25) is 0 Å². The van der Waals surface area contributed by atoms with Gasteiger partial charge in [0.05, 0.1) is 12.2 Å². The van der Waals surface area contributed by atoms with Gasteiger partial charge in [-0.1, -0.05) is 42.5 Å². The Bertz CT molecular complexity index is 1070. The number of imidazole rings is 1. The van der Waals surface area contributed by atoms with Gasteiger partial charge in [0, 0.05) is 19.4 Å². The Kier molecular flexibility index (Phi) is 7.83. The number of ether oxygens (including phenoxy) is 2. The molecule has 0 aliphatic rings. The number of hydrogen-bond acceptors (Lipinski definition) is 5. The molecule has 3 aromatic rings. The summed E-state index contributed by atoms with van der Waals surface area (Å²) >= 11 is 0. The predicted molar refractivity (Wildman–Crippen MR) is 112 cm³/mol. The normalized spacial score (nSPS) is 12.2. The average Bonchev–Trinajstić information content (AvgIpc) is 3.21. The van der Waals surface area contributed by atoms with Gasteiger partial charge in [-0.2, -0.15) is 13.2 Å². The fourth-order valence-electron chi connectivity index (χ4n) is 3.04. The number of nitrogens with zero attached hydrogens (tertiary/aromatic N) is 2. The fourth-order valence-corrected chi connectivity index (χ4v) is 3.04. The lowest BCUT2D eigenvalue weighted by atomic mass is 10.1. The second-order valence-corrected chi connectivity index (χ2v) is 7.19. The number of carbonyl (C=O) groups excluding carboxylic acids is 2. The van der Waals surface area contributed by atoms with Crippen LogP contribution in [0.15, 0.2) is 67.0 Å². The molecule has 10 heteroatoms. The van der Waals surface area contributed by atoms with E-state index in [4.69, 9.17) is 4.74 Å². The standard InChI is InChI=1S/C23H22F3N3O4/c1-29-12-11-27-21(29)20(17-5-3-2-4-6-17)28-19(30)14-33-22(31)18-9-7-16(8-10-18)13-32-15-23(24,25)26/h2-12,20H,13-15H2,1H3,(H,28,30)/t20-/m0/s1. The van der Waals surface area contributed by atoms with E-state index in [2.05, 4.69) is 15.0 Å². The van der Waals surface area contributed by atoms with Crippen molar-refractivity contribution in [1.82, 2.24) is 14.9 Å². The van der Waals surface area contributed by atoms with Crippen LogP contribution in [0.1, 0.15) is 33.4 Å². The number of rotatable bonds is 9. The lowest BCUT2D eigenvalue weighted by Crippen LogP contribution is -2.34. The minimum absolute atomic E-state index is 0.158. The van der Waals surface area contributed by atoms with Gasteiger partial charge in [0.25, 0.3) is 5.91 Å². The summed E-state index contributed by atoms with van der Waals surface area (Å²) in [5.74, 6) is -0.636. The smallest absolute Gasteiger partial charge is 0.411 e. The number of esters is 1. The van der Waals surface area contributed by atoms with Crippen molar-refractivity contribution in [3.05, 3.63) is 89.5 Å². The molecule has 1 atom stereocenters. The number of halogens is 3. The molecule has 0 aliphatic heterocycles. The van der Waals surface area contributed by atoms with E-state index < -0.39 is 37.3 Å². The van der Waals surface area contributed by atoms with Crippen LogP contribution in [0.25, 0.3) is 0 Å². The topological polar surface area (TPSA) is 82.5 Å². The highest BCUT2D eigenvalue weighted by Crippen LogP contribution is 2.20. The second kappa shape index (κ2) is 10.8. The van der Waals surface area contributed by atoms with Crippen molar-refractivity contribution in [2.24, 2.45) is 7.05 Å². The minimum Gasteiger partial charge on any atom is -0.452 e. The quantitative estimate of drug-likeness (QED) is 0.493. The van der Waals surface area contributed by atoms with Gasteiger partial charge < -0.3 is 19.4 Å². The second-order valence-electron chi connectivity index (χ2n) is 7.19.